The Morgan fingerprint density at radius 2 is 2.39 bits per heavy atom. The van der Waals surface area contributed by atoms with E-state index in [0.29, 0.717) is 5.92 Å². The predicted octanol–water partition coefficient (Wildman–Crippen LogP) is 3.10. The number of nitrogens with zero attached hydrogens (tertiary/aromatic N) is 1. The maximum absolute atomic E-state index is 13.2. The second-order valence-electron chi connectivity index (χ2n) is 4.70. The van der Waals surface area contributed by atoms with Crippen LogP contribution in [0.15, 0.2) is 29.6 Å². The van der Waals surface area contributed by atoms with Crippen molar-refractivity contribution in [1.82, 2.24) is 10.3 Å². The van der Waals surface area contributed by atoms with Gasteiger partial charge in [0.05, 0.1) is 10.7 Å². The number of benzene rings is 1. The summed E-state index contributed by atoms with van der Waals surface area (Å²) < 4.78 is 13.2. The van der Waals surface area contributed by atoms with E-state index < -0.39 is 0 Å². The van der Waals surface area contributed by atoms with Crippen LogP contribution in [0.1, 0.15) is 11.4 Å². The predicted molar refractivity (Wildman–Crippen MR) is 72.2 cm³/mol. The lowest BCUT2D eigenvalue weighted by Crippen LogP contribution is -2.10. The van der Waals surface area contributed by atoms with Crippen molar-refractivity contribution in [2.45, 2.75) is 12.8 Å². The lowest BCUT2D eigenvalue weighted by atomic mass is 10.1. The highest BCUT2D eigenvalue weighted by Gasteiger charge is 2.16. The molecule has 0 radical (unpaired) electrons. The van der Waals surface area contributed by atoms with E-state index in [9.17, 15) is 4.39 Å². The van der Waals surface area contributed by atoms with Gasteiger partial charge in [0.15, 0.2) is 0 Å². The van der Waals surface area contributed by atoms with Crippen molar-refractivity contribution in [1.29, 1.82) is 0 Å². The van der Waals surface area contributed by atoms with Gasteiger partial charge in [-0.25, -0.2) is 9.37 Å². The Hall–Kier alpha value is -1.26. The summed E-state index contributed by atoms with van der Waals surface area (Å²) in [6, 6.07) is 6.63. The number of hydrogen-bond acceptors (Lipinski definition) is 3. The second kappa shape index (κ2) is 5.16. The highest BCUT2D eigenvalue weighted by Crippen LogP contribution is 2.25. The van der Waals surface area contributed by atoms with E-state index in [1.54, 1.807) is 17.4 Å². The third kappa shape index (κ3) is 2.60. The minimum Gasteiger partial charge on any atom is -0.316 e. The number of halogens is 1. The Morgan fingerprint density at radius 3 is 3.17 bits per heavy atom. The minimum absolute atomic E-state index is 0.206. The Bertz CT molecular complexity index is 532. The summed E-state index contributed by atoms with van der Waals surface area (Å²) in [5.74, 6) is 0.499. The Morgan fingerprint density at radius 1 is 1.44 bits per heavy atom. The quantitative estimate of drug-likeness (QED) is 0.919. The fourth-order valence-corrected chi connectivity index (χ4v) is 3.24. The first-order valence-electron chi connectivity index (χ1n) is 6.22. The lowest BCUT2D eigenvalue weighted by molar-refractivity contribution is 0.578. The van der Waals surface area contributed by atoms with Crippen molar-refractivity contribution >= 4 is 11.3 Å². The minimum atomic E-state index is -0.206. The fraction of sp³-hybridized carbons (Fsp3) is 0.357. The SMILES string of the molecule is Fc1cccc(-c2csc(CC3CCNC3)n2)c1. The van der Waals surface area contributed by atoms with E-state index in [0.717, 1.165) is 35.8 Å². The van der Waals surface area contributed by atoms with Crippen LogP contribution in [0.25, 0.3) is 11.3 Å². The molecule has 18 heavy (non-hydrogen) atoms. The molecule has 4 heteroatoms. The molecular weight excluding hydrogens is 247 g/mol. The maximum atomic E-state index is 13.2. The first-order chi connectivity index (χ1) is 8.81. The van der Waals surface area contributed by atoms with Gasteiger partial charge in [-0.1, -0.05) is 12.1 Å². The van der Waals surface area contributed by atoms with E-state index in [4.69, 9.17) is 0 Å². The molecule has 1 aliphatic rings. The molecule has 0 aliphatic carbocycles. The molecule has 1 aliphatic heterocycles. The second-order valence-corrected chi connectivity index (χ2v) is 5.64. The molecule has 3 rings (SSSR count). The molecule has 2 nitrogen and oxygen atoms in total. The molecule has 2 heterocycles. The van der Waals surface area contributed by atoms with Crippen molar-refractivity contribution in [2.75, 3.05) is 13.1 Å². The molecule has 0 bridgehead atoms. The summed E-state index contributed by atoms with van der Waals surface area (Å²) in [7, 11) is 0. The molecule has 2 aromatic rings. The number of thiazole rings is 1. The zero-order valence-electron chi connectivity index (χ0n) is 10.0. The molecule has 1 aromatic heterocycles. The zero-order chi connectivity index (χ0) is 12.4. The average Bonchev–Trinajstić information content (AvgIpc) is 3.01. The van der Waals surface area contributed by atoms with Gasteiger partial charge in [0.1, 0.15) is 5.82 Å². The Balaban J connectivity index is 1.76. The van der Waals surface area contributed by atoms with Gasteiger partial charge in [-0.05, 0) is 37.6 Å². The molecule has 1 N–H and O–H groups in total. The smallest absolute Gasteiger partial charge is 0.123 e. The first kappa shape index (κ1) is 11.8. The molecule has 1 saturated heterocycles. The molecule has 94 valence electrons. The lowest BCUT2D eigenvalue weighted by Gasteiger charge is -2.03. The third-order valence-corrected chi connectivity index (χ3v) is 4.17. The third-order valence-electron chi connectivity index (χ3n) is 3.30. The van der Waals surface area contributed by atoms with E-state index in [-0.39, 0.29) is 5.82 Å². The van der Waals surface area contributed by atoms with Crippen molar-refractivity contribution in [3.05, 3.63) is 40.5 Å². The van der Waals surface area contributed by atoms with Gasteiger partial charge in [-0.2, -0.15) is 0 Å². The number of nitrogens with one attached hydrogen (secondary N) is 1. The topological polar surface area (TPSA) is 24.9 Å². The van der Waals surface area contributed by atoms with E-state index in [2.05, 4.69) is 10.3 Å². The van der Waals surface area contributed by atoms with Crippen molar-refractivity contribution in [3.8, 4) is 11.3 Å². The molecule has 1 unspecified atom stereocenters. The molecule has 1 atom stereocenters. The van der Waals surface area contributed by atoms with Crippen LogP contribution in [-0.4, -0.2) is 18.1 Å². The van der Waals surface area contributed by atoms with E-state index >= 15 is 0 Å². The largest absolute Gasteiger partial charge is 0.316 e. The normalized spacial score (nSPS) is 19.3. The molecule has 1 aromatic carbocycles. The van der Waals surface area contributed by atoms with Crippen molar-refractivity contribution in [3.63, 3.8) is 0 Å². The van der Waals surface area contributed by atoms with Crippen LogP contribution < -0.4 is 5.32 Å². The van der Waals surface area contributed by atoms with Crippen LogP contribution in [-0.2, 0) is 6.42 Å². The van der Waals surface area contributed by atoms with Crippen LogP contribution in [0.3, 0.4) is 0 Å². The fourth-order valence-electron chi connectivity index (χ4n) is 2.32. The van der Waals surface area contributed by atoms with Crippen LogP contribution in [0.4, 0.5) is 4.39 Å². The van der Waals surface area contributed by atoms with E-state index in [1.807, 2.05) is 11.4 Å². The standard InChI is InChI=1S/C14H15FN2S/c15-12-3-1-2-11(7-12)13-9-18-14(17-13)6-10-4-5-16-8-10/h1-3,7,9-10,16H,4-6,8H2. The molecule has 0 spiro atoms. The summed E-state index contributed by atoms with van der Waals surface area (Å²) in [6.45, 7) is 2.21. The molecule has 0 amide bonds. The van der Waals surface area contributed by atoms with Gasteiger partial charge in [0.25, 0.3) is 0 Å². The maximum Gasteiger partial charge on any atom is 0.123 e. The van der Waals surface area contributed by atoms with Crippen LogP contribution in [0.2, 0.25) is 0 Å². The summed E-state index contributed by atoms with van der Waals surface area (Å²) in [4.78, 5) is 4.61. The first-order valence-corrected chi connectivity index (χ1v) is 7.10. The Labute approximate surface area is 110 Å². The van der Waals surface area contributed by atoms with Gasteiger partial charge in [-0.15, -0.1) is 11.3 Å². The Kier molecular flexibility index (Phi) is 3.39. The molecular formula is C14H15FN2S. The monoisotopic (exact) mass is 262 g/mol. The highest BCUT2D eigenvalue weighted by molar-refractivity contribution is 7.09. The number of rotatable bonds is 3. The van der Waals surface area contributed by atoms with Gasteiger partial charge in [-0.3, -0.25) is 0 Å². The average molecular weight is 262 g/mol. The summed E-state index contributed by atoms with van der Waals surface area (Å²) in [5.41, 5.74) is 1.75. The zero-order valence-corrected chi connectivity index (χ0v) is 10.8. The molecule has 1 fully saturated rings. The highest BCUT2D eigenvalue weighted by atomic mass is 32.1. The number of hydrogen-bond donors (Lipinski definition) is 1. The van der Waals surface area contributed by atoms with Crippen LogP contribution >= 0.6 is 11.3 Å². The molecule has 0 saturated carbocycles. The summed E-state index contributed by atoms with van der Waals surface area (Å²) in [5, 5.41) is 6.54. The van der Waals surface area contributed by atoms with E-state index in [1.165, 1.54) is 18.6 Å². The van der Waals surface area contributed by atoms with Gasteiger partial charge < -0.3 is 5.32 Å². The van der Waals surface area contributed by atoms with Gasteiger partial charge in [0.2, 0.25) is 0 Å². The number of aromatic nitrogens is 1. The van der Waals surface area contributed by atoms with Crippen LogP contribution in [0.5, 0.6) is 0 Å². The van der Waals surface area contributed by atoms with Crippen molar-refractivity contribution in [2.24, 2.45) is 5.92 Å². The van der Waals surface area contributed by atoms with Crippen molar-refractivity contribution < 1.29 is 4.39 Å². The van der Waals surface area contributed by atoms with Crippen LogP contribution in [0, 0.1) is 11.7 Å². The van der Waals surface area contributed by atoms with Gasteiger partial charge >= 0.3 is 0 Å². The van der Waals surface area contributed by atoms with Gasteiger partial charge in [0, 0.05) is 17.4 Å². The summed E-state index contributed by atoms with van der Waals surface area (Å²) in [6.07, 6.45) is 2.27. The summed E-state index contributed by atoms with van der Waals surface area (Å²) >= 11 is 1.68.